The normalized spacial score (nSPS) is 13.9. The minimum Gasteiger partial charge on any atom is -0.334 e. The van der Waals surface area contributed by atoms with Crippen LogP contribution in [-0.4, -0.2) is 17.4 Å². The van der Waals surface area contributed by atoms with Gasteiger partial charge in [0, 0.05) is 13.1 Å². The van der Waals surface area contributed by atoms with Crippen molar-refractivity contribution in [1.82, 2.24) is 4.90 Å². The van der Waals surface area contributed by atoms with Crippen molar-refractivity contribution in [1.29, 1.82) is 0 Å². The van der Waals surface area contributed by atoms with Crippen molar-refractivity contribution in [3.63, 3.8) is 0 Å². The maximum Gasteiger partial charge on any atom is 0.260 e. The molecular weight excluding hydrogens is 317 g/mol. The zero-order valence-electron chi connectivity index (χ0n) is 11.7. The van der Waals surface area contributed by atoms with Crippen LogP contribution in [0.3, 0.4) is 0 Å². The van der Waals surface area contributed by atoms with Crippen LogP contribution < -0.4 is 0 Å². The Hall–Kier alpha value is -2.44. The number of halogens is 5. The van der Waals surface area contributed by atoms with Crippen LogP contribution in [0.1, 0.15) is 21.5 Å². The van der Waals surface area contributed by atoms with E-state index in [0.29, 0.717) is 6.42 Å². The third kappa shape index (κ3) is 2.46. The van der Waals surface area contributed by atoms with E-state index in [0.717, 1.165) is 16.0 Å². The van der Waals surface area contributed by atoms with E-state index >= 15 is 0 Å². The molecule has 2 aromatic rings. The molecule has 0 aromatic heterocycles. The van der Waals surface area contributed by atoms with Crippen LogP contribution >= 0.6 is 0 Å². The van der Waals surface area contributed by atoms with Crippen LogP contribution in [-0.2, 0) is 13.0 Å². The Balaban J connectivity index is 2.00. The minimum atomic E-state index is -2.28. The lowest BCUT2D eigenvalue weighted by Crippen LogP contribution is -2.37. The molecule has 0 fully saturated rings. The Labute approximate surface area is 128 Å². The Bertz CT molecular complexity index is 776. The van der Waals surface area contributed by atoms with Crippen LogP contribution in [0.15, 0.2) is 24.3 Å². The first-order valence-electron chi connectivity index (χ1n) is 6.79. The molecule has 0 N–H and O–H groups in total. The van der Waals surface area contributed by atoms with Gasteiger partial charge in [-0.2, -0.15) is 0 Å². The van der Waals surface area contributed by atoms with Crippen LogP contribution in [0.5, 0.6) is 0 Å². The van der Waals surface area contributed by atoms with Crippen molar-refractivity contribution in [3.8, 4) is 0 Å². The highest BCUT2D eigenvalue weighted by Gasteiger charge is 2.33. The first-order valence-corrected chi connectivity index (χ1v) is 6.79. The van der Waals surface area contributed by atoms with Gasteiger partial charge in [-0.25, -0.2) is 22.0 Å². The molecule has 120 valence electrons. The monoisotopic (exact) mass is 327 g/mol. The van der Waals surface area contributed by atoms with Crippen LogP contribution in [0.2, 0.25) is 0 Å². The minimum absolute atomic E-state index is 0.0501. The molecule has 1 aliphatic heterocycles. The molecule has 3 rings (SSSR count). The molecule has 0 aliphatic carbocycles. The van der Waals surface area contributed by atoms with Crippen molar-refractivity contribution < 1.29 is 26.7 Å². The van der Waals surface area contributed by atoms with E-state index in [2.05, 4.69) is 0 Å². The van der Waals surface area contributed by atoms with E-state index in [9.17, 15) is 26.7 Å². The molecule has 2 nitrogen and oxygen atoms in total. The van der Waals surface area contributed by atoms with Crippen molar-refractivity contribution in [2.75, 3.05) is 6.54 Å². The first kappa shape index (κ1) is 15.5. The predicted octanol–water partition coefficient (Wildman–Crippen LogP) is 3.58. The number of amides is 1. The summed E-state index contributed by atoms with van der Waals surface area (Å²) in [6.45, 7) is 0.184. The molecule has 0 atom stereocenters. The summed E-state index contributed by atoms with van der Waals surface area (Å²) in [5.74, 6) is -11.9. The van der Waals surface area contributed by atoms with Gasteiger partial charge in [0.05, 0.1) is 0 Å². The van der Waals surface area contributed by atoms with E-state index in [1.165, 1.54) is 0 Å². The molecule has 1 heterocycles. The zero-order chi connectivity index (χ0) is 16.7. The summed E-state index contributed by atoms with van der Waals surface area (Å²) in [5, 5.41) is 0. The number of fused-ring (bicyclic) bond motifs is 1. The summed E-state index contributed by atoms with van der Waals surface area (Å²) in [4.78, 5) is 13.3. The Morgan fingerprint density at radius 3 is 1.96 bits per heavy atom. The molecule has 23 heavy (non-hydrogen) atoms. The highest BCUT2D eigenvalue weighted by Crippen LogP contribution is 2.26. The van der Waals surface area contributed by atoms with Gasteiger partial charge in [-0.3, -0.25) is 4.79 Å². The quantitative estimate of drug-likeness (QED) is 0.445. The molecule has 0 radical (unpaired) electrons. The third-order valence-corrected chi connectivity index (χ3v) is 3.84. The summed E-state index contributed by atoms with van der Waals surface area (Å²) >= 11 is 0. The highest BCUT2D eigenvalue weighted by molar-refractivity contribution is 5.95. The number of nitrogens with zero attached hydrogens (tertiary/aromatic N) is 1. The largest absolute Gasteiger partial charge is 0.334 e. The van der Waals surface area contributed by atoms with Gasteiger partial charge in [-0.15, -0.1) is 0 Å². The number of hydrogen-bond acceptors (Lipinski definition) is 1. The molecule has 0 bridgehead atoms. The summed E-state index contributed by atoms with van der Waals surface area (Å²) in [5.41, 5.74) is 0.339. The Morgan fingerprint density at radius 1 is 0.826 bits per heavy atom. The van der Waals surface area contributed by atoms with E-state index in [1.807, 2.05) is 12.1 Å². The Kier molecular flexibility index (Phi) is 3.79. The van der Waals surface area contributed by atoms with Gasteiger partial charge in [-0.1, -0.05) is 24.3 Å². The second kappa shape index (κ2) is 5.64. The number of rotatable bonds is 1. The first-order chi connectivity index (χ1) is 10.9. The van der Waals surface area contributed by atoms with Crippen molar-refractivity contribution in [2.24, 2.45) is 0 Å². The summed E-state index contributed by atoms with van der Waals surface area (Å²) in [6, 6.07) is 7.16. The van der Waals surface area contributed by atoms with Crippen LogP contribution in [0, 0.1) is 29.1 Å². The van der Waals surface area contributed by atoms with Gasteiger partial charge in [0.15, 0.2) is 23.3 Å². The lowest BCUT2D eigenvalue weighted by Gasteiger charge is -2.29. The standard InChI is InChI=1S/C16H10F5NO/c17-11-10(12(18)14(20)15(21)13(11)19)16(23)22-6-5-8-3-1-2-4-9(8)7-22/h1-4H,5-7H2. The maximum absolute atomic E-state index is 13.7. The molecular formula is C16H10F5NO. The van der Waals surface area contributed by atoms with E-state index < -0.39 is 40.6 Å². The fourth-order valence-electron chi connectivity index (χ4n) is 2.62. The summed E-state index contributed by atoms with van der Waals surface area (Å²) in [7, 11) is 0. The fraction of sp³-hybridized carbons (Fsp3) is 0.188. The van der Waals surface area contributed by atoms with Gasteiger partial charge in [0.2, 0.25) is 5.82 Å². The lowest BCUT2D eigenvalue weighted by molar-refractivity contribution is 0.0721. The molecule has 1 amide bonds. The molecule has 1 aliphatic rings. The van der Waals surface area contributed by atoms with Gasteiger partial charge in [0.1, 0.15) is 5.56 Å². The SMILES string of the molecule is O=C(c1c(F)c(F)c(F)c(F)c1F)N1CCc2ccccc2C1. The van der Waals surface area contributed by atoms with Crippen molar-refractivity contribution >= 4 is 5.91 Å². The second-order valence-corrected chi connectivity index (χ2v) is 5.19. The number of carbonyl (C=O) groups excluding carboxylic acids is 1. The van der Waals surface area contributed by atoms with Crippen molar-refractivity contribution in [3.05, 3.63) is 70.0 Å². The molecule has 7 heteroatoms. The maximum atomic E-state index is 13.7. The predicted molar refractivity (Wildman–Crippen MR) is 71.1 cm³/mol. The molecule has 0 spiro atoms. The number of hydrogen-bond donors (Lipinski definition) is 0. The second-order valence-electron chi connectivity index (χ2n) is 5.19. The van der Waals surface area contributed by atoms with Gasteiger partial charge >= 0.3 is 0 Å². The average molecular weight is 327 g/mol. The van der Waals surface area contributed by atoms with Crippen LogP contribution in [0.4, 0.5) is 22.0 Å². The highest BCUT2D eigenvalue weighted by atomic mass is 19.2. The molecule has 0 unspecified atom stereocenters. The van der Waals surface area contributed by atoms with Gasteiger partial charge in [0.25, 0.3) is 5.91 Å². The molecule has 0 saturated heterocycles. The Morgan fingerprint density at radius 2 is 1.35 bits per heavy atom. The molecule has 2 aromatic carbocycles. The summed E-state index contributed by atoms with van der Waals surface area (Å²) in [6.07, 6.45) is 0.442. The van der Waals surface area contributed by atoms with Crippen LogP contribution in [0.25, 0.3) is 0 Å². The topological polar surface area (TPSA) is 20.3 Å². The van der Waals surface area contributed by atoms with E-state index in [4.69, 9.17) is 0 Å². The van der Waals surface area contributed by atoms with Gasteiger partial charge in [-0.05, 0) is 17.5 Å². The van der Waals surface area contributed by atoms with Gasteiger partial charge < -0.3 is 4.90 Å². The average Bonchev–Trinajstić information content (AvgIpc) is 2.57. The van der Waals surface area contributed by atoms with Crippen molar-refractivity contribution in [2.45, 2.75) is 13.0 Å². The fourth-order valence-corrected chi connectivity index (χ4v) is 2.62. The molecule has 0 saturated carbocycles. The van der Waals surface area contributed by atoms with E-state index in [-0.39, 0.29) is 13.1 Å². The number of benzene rings is 2. The lowest BCUT2D eigenvalue weighted by atomic mass is 9.99. The zero-order valence-corrected chi connectivity index (χ0v) is 11.7. The summed E-state index contributed by atoms with van der Waals surface area (Å²) < 4.78 is 67.0. The van der Waals surface area contributed by atoms with E-state index in [1.54, 1.807) is 12.1 Å². The number of carbonyl (C=O) groups is 1. The smallest absolute Gasteiger partial charge is 0.260 e. The third-order valence-electron chi connectivity index (χ3n) is 3.84.